The highest BCUT2D eigenvalue weighted by molar-refractivity contribution is 7.99. The van der Waals surface area contributed by atoms with Crippen LogP contribution in [0.15, 0.2) is 47.6 Å². The molecule has 118 valence electrons. The van der Waals surface area contributed by atoms with Crippen molar-refractivity contribution >= 4 is 46.0 Å². The molecule has 0 bridgehead atoms. The average molecular weight is 350 g/mol. The third-order valence-corrected chi connectivity index (χ3v) is 4.55. The van der Waals surface area contributed by atoms with Crippen LogP contribution >= 0.6 is 23.4 Å². The lowest BCUT2D eigenvalue weighted by atomic mass is 10.3. The third-order valence-electron chi connectivity index (χ3n) is 3.28. The molecular weight excluding hydrogens is 337 g/mol. The number of imidazole rings is 1. The van der Waals surface area contributed by atoms with Gasteiger partial charge in [-0.15, -0.1) is 0 Å². The summed E-state index contributed by atoms with van der Waals surface area (Å²) in [5, 5.41) is 3.61. The van der Waals surface area contributed by atoms with Gasteiger partial charge >= 0.3 is 0 Å². The van der Waals surface area contributed by atoms with E-state index in [1.54, 1.807) is 0 Å². The van der Waals surface area contributed by atoms with Crippen LogP contribution in [-0.4, -0.2) is 21.2 Å². The molecule has 7 heteroatoms. The zero-order valence-corrected chi connectivity index (χ0v) is 13.8. The Balaban J connectivity index is 1.68. The first kappa shape index (κ1) is 15.8. The van der Waals surface area contributed by atoms with E-state index in [9.17, 15) is 9.18 Å². The summed E-state index contributed by atoms with van der Waals surface area (Å²) < 4.78 is 15.5. The van der Waals surface area contributed by atoms with Crippen LogP contribution < -0.4 is 5.32 Å². The molecule has 0 unspecified atom stereocenters. The van der Waals surface area contributed by atoms with E-state index in [1.165, 1.54) is 30.0 Å². The van der Waals surface area contributed by atoms with E-state index in [1.807, 2.05) is 35.9 Å². The van der Waals surface area contributed by atoms with Gasteiger partial charge < -0.3 is 9.88 Å². The standard InChI is InChI=1S/C16H13ClFN3OS/c1-21-14-5-3-2-4-12(14)20-16(21)23-9-15(22)19-13-8-10(17)6-7-11(13)18/h2-8H,9H2,1H3,(H,19,22). The number of aromatic nitrogens is 2. The second-order valence-electron chi connectivity index (χ2n) is 4.90. The van der Waals surface area contributed by atoms with Gasteiger partial charge in [0.05, 0.1) is 22.5 Å². The fourth-order valence-corrected chi connectivity index (χ4v) is 3.12. The molecule has 1 N–H and O–H groups in total. The smallest absolute Gasteiger partial charge is 0.234 e. The number of carbonyl (C=O) groups excluding carboxylic acids is 1. The predicted molar refractivity (Wildman–Crippen MR) is 91.5 cm³/mol. The van der Waals surface area contributed by atoms with Crippen molar-refractivity contribution in [3.63, 3.8) is 0 Å². The summed E-state index contributed by atoms with van der Waals surface area (Å²) in [5.74, 6) is -0.706. The van der Waals surface area contributed by atoms with Crippen molar-refractivity contribution in [3.8, 4) is 0 Å². The number of amides is 1. The number of aryl methyl sites for hydroxylation is 1. The van der Waals surface area contributed by atoms with E-state index in [4.69, 9.17) is 11.6 Å². The summed E-state index contributed by atoms with van der Waals surface area (Å²) in [6, 6.07) is 11.8. The van der Waals surface area contributed by atoms with E-state index < -0.39 is 5.82 Å². The first-order chi connectivity index (χ1) is 11.0. The maximum Gasteiger partial charge on any atom is 0.234 e. The molecule has 0 spiro atoms. The Labute approximate surface area is 141 Å². The number of thioether (sulfide) groups is 1. The van der Waals surface area contributed by atoms with E-state index in [2.05, 4.69) is 10.3 Å². The summed E-state index contributed by atoms with van der Waals surface area (Å²) in [6.07, 6.45) is 0. The average Bonchev–Trinajstić information content (AvgIpc) is 2.86. The normalized spacial score (nSPS) is 10.9. The molecule has 0 saturated carbocycles. The van der Waals surface area contributed by atoms with Crippen molar-refractivity contribution in [2.24, 2.45) is 7.05 Å². The number of rotatable bonds is 4. The van der Waals surface area contributed by atoms with Crippen LogP contribution in [0.2, 0.25) is 5.02 Å². The number of hydrogen-bond acceptors (Lipinski definition) is 3. The van der Waals surface area contributed by atoms with E-state index >= 15 is 0 Å². The number of nitrogens with one attached hydrogen (secondary N) is 1. The van der Waals surface area contributed by atoms with Gasteiger partial charge in [-0.25, -0.2) is 9.37 Å². The number of nitrogens with zero attached hydrogens (tertiary/aromatic N) is 2. The Morgan fingerprint density at radius 3 is 2.91 bits per heavy atom. The fourth-order valence-electron chi connectivity index (χ4n) is 2.16. The molecule has 3 aromatic rings. The van der Waals surface area contributed by atoms with Crippen molar-refractivity contribution in [1.82, 2.24) is 9.55 Å². The second-order valence-corrected chi connectivity index (χ2v) is 6.28. The van der Waals surface area contributed by atoms with E-state index in [-0.39, 0.29) is 17.3 Å². The summed E-state index contributed by atoms with van der Waals surface area (Å²) in [6.45, 7) is 0. The predicted octanol–water partition coefficient (Wildman–Crippen LogP) is 4.10. The zero-order chi connectivity index (χ0) is 16.4. The topological polar surface area (TPSA) is 46.9 Å². The monoisotopic (exact) mass is 349 g/mol. The Morgan fingerprint density at radius 2 is 2.13 bits per heavy atom. The lowest BCUT2D eigenvalue weighted by molar-refractivity contribution is -0.113. The molecule has 0 aliphatic rings. The molecule has 0 atom stereocenters. The zero-order valence-electron chi connectivity index (χ0n) is 12.2. The Morgan fingerprint density at radius 1 is 1.35 bits per heavy atom. The van der Waals surface area contributed by atoms with Crippen molar-refractivity contribution in [2.45, 2.75) is 5.16 Å². The minimum Gasteiger partial charge on any atom is -0.323 e. The first-order valence-corrected chi connectivity index (χ1v) is 8.20. The second kappa shape index (κ2) is 6.60. The minimum atomic E-state index is -0.518. The van der Waals surface area contributed by atoms with Gasteiger partial charge in [0.2, 0.25) is 5.91 Å². The number of halogens is 2. The summed E-state index contributed by atoms with van der Waals surface area (Å²) >= 11 is 7.10. The Bertz CT molecular complexity index is 881. The van der Waals surface area contributed by atoms with Crippen LogP contribution in [0.25, 0.3) is 11.0 Å². The number of fused-ring (bicyclic) bond motifs is 1. The maximum absolute atomic E-state index is 13.6. The summed E-state index contributed by atoms with van der Waals surface area (Å²) in [5.41, 5.74) is 1.95. The van der Waals surface area contributed by atoms with Gasteiger partial charge in [0.1, 0.15) is 5.82 Å². The first-order valence-electron chi connectivity index (χ1n) is 6.84. The Kier molecular flexibility index (Phi) is 4.54. The molecule has 1 heterocycles. The molecule has 0 fully saturated rings. The van der Waals surface area contributed by atoms with Crippen molar-refractivity contribution in [1.29, 1.82) is 0 Å². The fraction of sp³-hybridized carbons (Fsp3) is 0.125. The molecule has 0 aliphatic heterocycles. The molecule has 4 nitrogen and oxygen atoms in total. The lowest BCUT2D eigenvalue weighted by Gasteiger charge is -2.06. The number of benzene rings is 2. The van der Waals surface area contributed by atoms with Gasteiger partial charge in [-0.2, -0.15) is 0 Å². The van der Waals surface area contributed by atoms with Crippen molar-refractivity contribution in [3.05, 3.63) is 53.3 Å². The SMILES string of the molecule is Cn1c(SCC(=O)Nc2cc(Cl)ccc2F)nc2ccccc21. The third kappa shape index (κ3) is 3.48. The minimum absolute atomic E-state index is 0.0769. The van der Waals surface area contributed by atoms with Crippen LogP contribution in [0.5, 0.6) is 0 Å². The molecule has 2 aromatic carbocycles. The molecule has 1 aromatic heterocycles. The maximum atomic E-state index is 13.6. The van der Waals surface area contributed by atoms with Gasteiger partial charge in [0, 0.05) is 12.1 Å². The molecule has 0 aliphatic carbocycles. The van der Waals surface area contributed by atoms with E-state index in [0.29, 0.717) is 5.02 Å². The highest BCUT2D eigenvalue weighted by Crippen LogP contribution is 2.23. The largest absolute Gasteiger partial charge is 0.323 e. The molecule has 23 heavy (non-hydrogen) atoms. The van der Waals surface area contributed by atoms with Gasteiger partial charge in [-0.05, 0) is 30.3 Å². The van der Waals surface area contributed by atoms with Gasteiger partial charge in [0.15, 0.2) is 5.16 Å². The van der Waals surface area contributed by atoms with Crippen LogP contribution in [0.3, 0.4) is 0 Å². The molecule has 0 saturated heterocycles. The number of para-hydroxylation sites is 2. The van der Waals surface area contributed by atoms with Crippen LogP contribution in [0.1, 0.15) is 0 Å². The number of carbonyl (C=O) groups is 1. The Hall–Kier alpha value is -2.05. The van der Waals surface area contributed by atoms with Gasteiger partial charge in [0.25, 0.3) is 0 Å². The number of hydrogen-bond donors (Lipinski definition) is 1. The molecule has 3 rings (SSSR count). The van der Waals surface area contributed by atoms with Crippen molar-refractivity contribution in [2.75, 3.05) is 11.1 Å². The van der Waals surface area contributed by atoms with E-state index in [0.717, 1.165) is 16.2 Å². The quantitative estimate of drug-likeness (QED) is 0.721. The van der Waals surface area contributed by atoms with Crippen molar-refractivity contribution < 1.29 is 9.18 Å². The number of anilines is 1. The summed E-state index contributed by atoms with van der Waals surface area (Å²) in [7, 11) is 1.90. The lowest BCUT2D eigenvalue weighted by Crippen LogP contribution is -2.15. The van der Waals surface area contributed by atoms with Gasteiger partial charge in [-0.3, -0.25) is 4.79 Å². The van der Waals surface area contributed by atoms with Crippen LogP contribution in [0, 0.1) is 5.82 Å². The van der Waals surface area contributed by atoms with Gasteiger partial charge in [-0.1, -0.05) is 35.5 Å². The van der Waals surface area contributed by atoms with Crippen LogP contribution in [0.4, 0.5) is 10.1 Å². The summed E-state index contributed by atoms with van der Waals surface area (Å²) in [4.78, 5) is 16.5. The molecular formula is C16H13ClFN3OS. The van der Waals surface area contributed by atoms with Crippen LogP contribution in [-0.2, 0) is 11.8 Å². The highest BCUT2D eigenvalue weighted by Gasteiger charge is 2.12. The molecule has 1 amide bonds. The highest BCUT2D eigenvalue weighted by atomic mass is 35.5. The molecule has 0 radical (unpaired) electrons.